The van der Waals surface area contributed by atoms with Gasteiger partial charge in [0.15, 0.2) is 0 Å². The molecular formula is C15H20FN3S. The van der Waals surface area contributed by atoms with E-state index in [9.17, 15) is 4.39 Å². The molecule has 1 aromatic heterocycles. The summed E-state index contributed by atoms with van der Waals surface area (Å²) in [7, 11) is 1.90. The zero-order chi connectivity index (χ0) is 14.4. The van der Waals surface area contributed by atoms with Crippen LogP contribution in [0.4, 0.5) is 10.1 Å². The molecule has 0 saturated carbocycles. The summed E-state index contributed by atoms with van der Waals surface area (Å²) in [6.07, 6.45) is 1.07. The van der Waals surface area contributed by atoms with E-state index < -0.39 is 0 Å². The third-order valence-electron chi connectivity index (χ3n) is 3.08. The number of benzene rings is 1. The summed E-state index contributed by atoms with van der Waals surface area (Å²) < 4.78 is 14.2. The molecule has 1 aromatic carbocycles. The maximum Gasteiger partial charge on any atom is 0.146 e. The molecule has 1 heterocycles. The Labute approximate surface area is 123 Å². The van der Waals surface area contributed by atoms with Crippen LogP contribution < -0.4 is 10.2 Å². The van der Waals surface area contributed by atoms with E-state index in [-0.39, 0.29) is 5.82 Å². The molecule has 0 saturated heterocycles. The van der Waals surface area contributed by atoms with Crippen molar-refractivity contribution in [3.63, 3.8) is 0 Å². The second-order valence-corrected chi connectivity index (χ2v) is 5.48. The van der Waals surface area contributed by atoms with Crippen molar-refractivity contribution in [2.24, 2.45) is 0 Å². The first kappa shape index (κ1) is 14.9. The zero-order valence-electron chi connectivity index (χ0n) is 11.9. The van der Waals surface area contributed by atoms with Gasteiger partial charge in [0.05, 0.1) is 23.4 Å². The fourth-order valence-corrected chi connectivity index (χ4v) is 2.72. The van der Waals surface area contributed by atoms with Gasteiger partial charge in [-0.2, -0.15) is 0 Å². The molecule has 0 aliphatic rings. The number of nitrogens with one attached hydrogen (secondary N) is 1. The van der Waals surface area contributed by atoms with Gasteiger partial charge in [-0.25, -0.2) is 9.37 Å². The average molecular weight is 293 g/mol. The second kappa shape index (κ2) is 7.36. The van der Waals surface area contributed by atoms with Crippen molar-refractivity contribution in [1.29, 1.82) is 0 Å². The molecule has 0 radical (unpaired) electrons. The van der Waals surface area contributed by atoms with Crippen LogP contribution in [0.5, 0.6) is 0 Å². The lowest BCUT2D eigenvalue weighted by Gasteiger charge is -2.22. The summed E-state index contributed by atoms with van der Waals surface area (Å²) in [6, 6.07) is 5.24. The van der Waals surface area contributed by atoms with Crippen LogP contribution in [0.25, 0.3) is 0 Å². The van der Waals surface area contributed by atoms with E-state index in [0.29, 0.717) is 18.8 Å². The normalized spacial score (nSPS) is 10.8. The molecule has 0 bridgehead atoms. The lowest BCUT2D eigenvalue weighted by atomic mass is 10.1. The van der Waals surface area contributed by atoms with Crippen molar-refractivity contribution in [2.75, 3.05) is 18.5 Å². The van der Waals surface area contributed by atoms with E-state index in [0.717, 1.165) is 24.2 Å². The lowest BCUT2D eigenvalue weighted by Crippen LogP contribution is -2.22. The maximum absolute atomic E-state index is 14.2. The summed E-state index contributed by atoms with van der Waals surface area (Å²) in [5.41, 5.74) is 4.40. The van der Waals surface area contributed by atoms with Crippen molar-refractivity contribution in [2.45, 2.75) is 26.4 Å². The van der Waals surface area contributed by atoms with Gasteiger partial charge in [0, 0.05) is 19.0 Å². The molecule has 0 aliphatic heterocycles. The van der Waals surface area contributed by atoms with Gasteiger partial charge in [-0.1, -0.05) is 19.1 Å². The fourth-order valence-electron chi connectivity index (χ4n) is 2.17. The Morgan fingerprint density at radius 3 is 2.95 bits per heavy atom. The minimum Gasteiger partial charge on any atom is -0.366 e. The van der Waals surface area contributed by atoms with E-state index in [2.05, 4.69) is 17.2 Å². The lowest BCUT2D eigenvalue weighted by molar-refractivity contribution is 0.612. The smallest absolute Gasteiger partial charge is 0.146 e. The van der Waals surface area contributed by atoms with Crippen molar-refractivity contribution in [3.8, 4) is 0 Å². The first-order valence-corrected chi connectivity index (χ1v) is 7.73. The maximum atomic E-state index is 14.2. The first-order chi connectivity index (χ1) is 9.72. The number of hydrogen-bond acceptors (Lipinski definition) is 4. The van der Waals surface area contributed by atoms with Crippen molar-refractivity contribution in [3.05, 3.63) is 46.2 Å². The summed E-state index contributed by atoms with van der Waals surface area (Å²) in [6.45, 7) is 4.35. The topological polar surface area (TPSA) is 28.2 Å². The van der Waals surface area contributed by atoms with Gasteiger partial charge in [0.2, 0.25) is 0 Å². The number of thiazole rings is 1. The van der Waals surface area contributed by atoms with Crippen molar-refractivity contribution >= 4 is 17.0 Å². The predicted molar refractivity (Wildman–Crippen MR) is 82.6 cm³/mol. The van der Waals surface area contributed by atoms with E-state index in [1.807, 2.05) is 23.4 Å². The van der Waals surface area contributed by atoms with Gasteiger partial charge in [-0.05, 0) is 24.6 Å². The molecule has 2 aromatic rings. The standard InChI is InChI=1S/C15H20FN3S/c1-3-7-17-8-12-5-4-6-14(16)15(12)19(2)9-13-10-20-11-18-13/h4-6,10-11,17H,3,7-9H2,1-2H3. The predicted octanol–water partition coefficient (Wildman–Crippen LogP) is 3.42. The summed E-state index contributed by atoms with van der Waals surface area (Å²) >= 11 is 1.56. The highest BCUT2D eigenvalue weighted by atomic mass is 32.1. The number of aromatic nitrogens is 1. The minimum absolute atomic E-state index is 0.182. The Hall–Kier alpha value is -1.46. The molecule has 108 valence electrons. The Morgan fingerprint density at radius 2 is 2.25 bits per heavy atom. The molecule has 3 nitrogen and oxygen atoms in total. The molecular weight excluding hydrogens is 273 g/mol. The molecule has 0 fully saturated rings. The van der Waals surface area contributed by atoms with Crippen LogP contribution in [0.2, 0.25) is 0 Å². The van der Waals surface area contributed by atoms with Gasteiger partial charge in [0.25, 0.3) is 0 Å². The second-order valence-electron chi connectivity index (χ2n) is 4.76. The van der Waals surface area contributed by atoms with E-state index in [1.54, 1.807) is 22.9 Å². The number of nitrogens with zero attached hydrogens (tertiary/aromatic N) is 2. The van der Waals surface area contributed by atoms with Crippen molar-refractivity contribution in [1.82, 2.24) is 10.3 Å². The van der Waals surface area contributed by atoms with Gasteiger partial charge in [-0.15, -0.1) is 11.3 Å². The fraction of sp³-hybridized carbons (Fsp3) is 0.400. The van der Waals surface area contributed by atoms with Gasteiger partial charge in [-0.3, -0.25) is 0 Å². The van der Waals surface area contributed by atoms with Gasteiger partial charge < -0.3 is 10.2 Å². The van der Waals surface area contributed by atoms with Crippen LogP contribution in [0.3, 0.4) is 0 Å². The SMILES string of the molecule is CCCNCc1cccc(F)c1N(C)Cc1cscn1. The highest BCUT2D eigenvalue weighted by Crippen LogP contribution is 2.25. The summed E-state index contributed by atoms with van der Waals surface area (Å²) in [5, 5.41) is 5.32. The van der Waals surface area contributed by atoms with Crippen LogP contribution in [0.1, 0.15) is 24.6 Å². The number of halogens is 1. The Morgan fingerprint density at radius 1 is 1.40 bits per heavy atom. The number of para-hydroxylation sites is 1. The minimum atomic E-state index is -0.182. The molecule has 0 atom stereocenters. The van der Waals surface area contributed by atoms with E-state index in [4.69, 9.17) is 0 Å². The van der Waals surface area contributed by atoms with Crippen LogP contribution in [-0.4, -0.2) is 18.6 Å². The van der Waals surface area contributed by atoms with Crippen LogP contribution in [-0.2, 0) is 13.1 Å². The Bertz CT molecular complexity index is 528. The monoisotopic (exact) mass is 293 g/mol. The molecule has 0 amide bonds. The molecule has 0 unspecified atom stereocenters. The van der Waals surface area contributed by atoms with E-state index >= 15 is 0 Å². The van der Waals surface area contributed by atoms with Gasteiger partial charge in [0.1, 0.15) is 5.82 Å². The molecule has 0 aliphatic carbocycles. The van der Waals surface area contributed by atoms with Crippen LogP contribution >= 0.6 is 11.3 Å². The van der Waals surface area contributed by atoms with Crippen LogP contribution in [0.15, 0.2) is 29.1 Å². The summed E-state index contributed by atoms with van der Waals surface area (Å²) in [4.78, 5) is 6.18. The third-order valence-corrected chi connectivity index (χ3v) is 3.71. The average Bonchev–Trinajstić information content (AvgIpc) is 2.92. The highest BCUT2D eigenvalue weighted by Gasteiger charge is 2.13. The number of anilines is 1. The molecule has 1 N–H and O–H groups in total. The Kier molecular flexibility index (Phi) is 5.49. The molecule has 0 spiro atoms. The van der Waals surface area contributed by atoms with Crippen molar-refractivity contribution < 1.29 is 4.39 Å². The summed E-state index contributed by atoms with van der Waals surface area (Å²) in [5.74, 6) is -0.182. The molecule has 2 rings (SSSR count). The Balaban J connectivity index is 2.15. The first-order valence-electron chi connectivity index (χ1n) is 6.78. The molecule has 20 heavy (non-hydrogen) atoms. The quantitative estimate of drug-likeness (QED) is 0.793. The zero-order valence-corrected chi connectivity index (χ0v) is 12.7. The van der Waals surface area contributed by atoms with E-state index in [1.165, 1.54) is 6.07 Å². The molecule has 5 heteroatoms. The largest absolute Gasteiger partial charge is 0.366 e. The number of hydrogen-bond donors (Lipinski definition) is 1. The van der Waals surface area contributed by atoms with Gasteiger partial charge >= 0.3 is 0 Å². The van der Waals surface area contributed by atoms with Crippen LogP contribution in [0, 0.1) is 5.82 Å². The highest BCUT2D eigenvalue weighted by molar-refractivity contribution is 7.07. The number of rotatable bonds is 7. The third kappa shape index (κ3) is 3.77.